The van der Waals surface area contributed by atoms with E-state index in [1.165, 1.54) is 13.6 Å². The van der Waals surface area contributed by atoms with Crippen LogP contribution >= 0.6 is 11.6 Å². The Kier molecular flexibility index (Phi) is 5.64. The van der Waals surface area contributed by atoms with E-state index in [1.807, 2.05) is 45.9 Å². The third kappa shape index (κ3) is 3.71. The number of rotatable bonds is 5. The first-order valence-electron chi connectivity index (χ1n) is 10.4. The van der Waals surface area contributed by atoms with Gasteiger partial charge in [-0.1, -0.05) is 29.8 Å². The molecular formula is C23H24ClN5O3. The molecule has 4 rings (SSSR count). The van der Waals surface area contributed by atoms with Crippen LogP contribution in [-0.2, 0) is 6.54 Å². The number of amides is 1. The van der Waals surface area contributed by atoms with E-state index in [9.17, 15) is 14.4 Å². The van der Waals surface area contributed by atoms with E-state index in [0.717, 1.165) is 5.56 Å². The Hall–Kier alpha value is -3.39. The molecule has 0 bridgehead atoms. The van der Waals surface area contributed by atoms with Crippen LogP contribution in [0.3, 0.4) is 0 Å². The molecule has 9 heteroatoms. The molecule has 0 aliphatic heterocycles. The molecule has 4 aromatic rings. The Balaban J connectivity index is 2.02. The Morgan fingerprint density at radius 1 is 1.09 bits per heavy atom. The van der Waals surface area contributed by atoms with Crippen LogP contribution in [0.2, 0.25) is 5.02 Å². The highest BCUT2D eigenvalue weighted by molar-refractivity contribution is 6.31. The number of benzene rings is 2. The number of carbonyl (C=O) groups excluding carboxylic acids is 1. The maximum absolute atomic E-state index is 13.4. The number of carbonyl (C=O) groups is 1. The molecule has 8 nitrogen and oxygen atoms in total. The molecule has 0 saturated carbocycles. The summed E-state index contributed by atoms with van der Waals surface area (Å²) >= 11 is 6.27. The van der Waals surface area contributed by atoms with Gasteiger partial charge >= 0.3 is 5.69 Å². The maximum atomic E-state index is 13.4. The van der Waals surface area contributed by atoms with Gasteiger partial charge < -0.3 is 5.32 Å². The fraction of sp³-hybridized carbons (Fsp3) is 0.304. The van der Waals surface area contributed by atoms with Crippen LogP contribution in [0.15, 0.2) is 52.1 Å². The van der Waals surface area contributed by atoms with Crippen molar-refractivity contribution in [3.63, 3.8) is 0 Å². The normalized spacial score (nSPS) is 11.7. The first kappa shape index (κ1) is 21.8. The van der Waals surface area contributed by atoms with Gasteiger partial charge in [-0.05, 0) is 57.5 Å². The fourth-order valence-electron chi connectivity index (χ4n) is 3.72. The lowest BCUT2D eigenvalue weighted by atomic mass is 10.1. The van der Waals surface area contributed by atoms with E-state index >= 15 is 0 Å². The van der Waals surface area contributed by atoms with Crippen molar-refractivity contribution in [2.75, 3.05) is 0 Å². The molecule has 2 aromatic heterocycles. The summed E-state index contributed by atoms with van der Waals surface area (Å²) in [5.41, 5.74) is 0.752. The molecular weight excluding hydrogens is 430 g/mol. The highest BCUT2D eigenvalue weighted by Crippen LogP contribution is 2.18. The molecule has 0 aliphatic carbocycles. The minimum atomic E-state index is -0.416. The van der Waals surface area contributed by atoms with Gasteiger partial charge in [0.15, 0.2) is 0 Å². The van der Waals surface area contributed by atoms with E-state index in [4.69, 9.17) is 11.6 Å². The van der Waals surface area contributed by atoms with E-state index in [1.54, 1.807) is 24.3 Å². The standard InChI is InChI=1S/C23H24ClN5O3/c1-13(2)25-20(30)15-9-10-17-19(11-15)29-22(28(14(3)4)21(17)31)26-27(23(29)32)12-16-7-5-6-8-18(16)24/h5-11,13-14H,12H2,1-4H3,(H,25,30). The summed E-state index contributed by atoms with van der Waals surface area (Å²) in [6.07, 6.45) is 0. The van der Waals surface area contributed by atoms with Crippen molar-refractivity contribution in [1.82, 2.24) is 24.1 Å². The van der Waals surface area contributed by atoms with Crippen LogP contribution in [0.5, 0.6) is 0 Å². The molecule has 2 aromatic carbocycles. The largest absolute Gasteiger partial charge is 0.352 e. The smallest absolute Gasteiger partial charge is 0.350 e. The summed E-state index contributed by atoms with van der Waals surface area (Å²) in [5, 5.41) is 8.17. The highest BCUT2D eigenvalue weighted by atomic mass is 35.5. The zero-order valence-electron chi connectivity index (χ0n) is 18.3. The quantitative estimate of drug-likeness (QED) is 0.502. The lowest BCUT2D eigenvalue weighted by Crippen LogP contribution is -2.31. The number of nitrogens with one attached hydrogen (secondary N) is 1. The molecule has 0 saturated heterocycles. The number of halogens is 1. The Morgan fingerprint density at radius 2 is 1.81 bits per heavy atom. The molecule has 0 aliphatic rings. The van der Waals surface area contributed by atoms with Crippen LogP contribution in [0, 0.1) is 0 Å². The molecule has 2 heterocycles. The summed E-state index contributed by atoms with van der Waals surface area (Å²) in [4.78, 5) is 39.2. The number of aromatic nitrogens is 4. The van der Waals surface area contributed by atoms with Crippen LogP contribution < -0.4 is 16.6 Å². The monoisotopic (exact) mass is 453 g/mol. The van der Waals surface area contributed by atoms with Gasteiger partial charge in [0.2, 0.25) is 5.78 Å². The summed E-state index contributed by atoms with van der Waals surface area (Å²) in [5.74, 6) is -0.0597. The van der Waals surface area contributed by atoms with E-state index in [2.05, 4.69) is 10.4 Å². The topological polar surface area (TPSA) is 90.4 Å². The van der Waals surface area contributed by atoms with Gasteiger partial charge in [-0.25, -0.2) is 13.9 Å². The first-order chi connectivity index (χ1) is 15.2. The predicted molar refractivity (Wildman–Crippen MR) is 125 cm³/mol. The van der Waals surface area contributed by atoms with Crippen molar-refractivity contribution in [2.24, 2.45) is 0 Å². The second-order valence-corrected chi connectivity index (χ2v) is 8.70. The minimum Gasteiger partial charge on any atom is -0.350 e. The molecule has 0 atom stereocenters. The van der Waals surface area contributed by atoms with Crippen LogP contribution in [0.1, 0.15) is 49.7 Å². The SMILES string of the molecule is CC(C)NC(=O)c1ccc2c(=O)n(C(C)C)c3nn(Cc4ccccc4Cl)c(=O)n3c2c1. The second kappa shape index (κ2) is 8.27. The van der Waals surface area contributed by atoms with Crippen molar-refractivity contribution in [2.45, 2.75) is 46.3 Å². The van der Waals surface area contributed by atoms with Crippen molar-refractivity contribution in [3.8, 4) is 0 Å². The number of fused-ring (bicyclic) bond motifs is 3. The molecule has 0 unspecified atom stereocenters. The van der Waals surface area contributed by atoms with Crippen LogP contribution in [0.4, 0.5) is 0 Å². The van der Waals surface area contributed by atoms with Gasteiger partial charge in [-0.2, -0.15) is 0 Å². The second-order valence-electron chi connectivity index (χ2n) is 8.30. The summed E-state index contributed by atoms with van der Waals surface area (Å²) in [6.45, 7) is 7.59. The Morgan fingerprint density at radius 3 is 2.47 bits per heavy atom. The van der Waals surface area contributed by atoms with Crippen LogP contribution in [-0.4, -0.2) is 30.7 Å². The van der Waals surface area contributed by atoms with Gasteiger partial charge in [-0.3, -0.25) is 14.2 Å². The third-order valence-electron chi connectivity index (χ3n) is 5.20. The molecule has 1 N–H and O–H groups in total. The van der Waals surface area contributed by atoms with Crippen molar-refractivity contribution in [1.29, 1.82) is 0 Å². The van der Waals surface area contributed by atoms with Gasteiger partial charge in [0.1, 0.15) is 0 Å². The van der Waals surface area contributed by atoms with Crippen molar-refractivity contribution in [3.05, 3.63) is 79.5 Å². The van der Waals surface area contributed by atoms with Gasteiger partial charge in [0, 0.05) is 22.7 Å². The third-order valence-corrected chi connectivity index (χ3v) is 5.57. The molecule has 1 amide bonds. The Bertz CT molecular complexity index is 1460. The fourth-order valence-corrected chi connectivity index (χ4v) is 3.92. The lowest BCUT2D eigenvalue weighted by Gasteiger charge is -2.13. The average molecular weight is 454 g/mol. The minimum absolute atomic E-state index is 0.0479. The van der Waals surface area contributed by atoms with Gasteiger partial charge in [-0.15, -0.1) is 5.10 Å². The number of hydrogen-bond acceptors (Lipinski definition) is 4. The summed E-state index contributed by atoms with van der Waals surface area (Å²) < 4.78 is 4.16. The van der Waals surface area contributed by atoms with Gasteiger partial charge in [0.05, 0.1) is 17.4 Å². The van der Waals surface area contributed by atoms with E-state index in [0.29, 0.717) is 21.5 Å². The van der Waals surface area contributed by atoms with E-state index in [-0.39, 0.29) is 35.9 Å². The van der Waals surface area contributed by atoms with Gasteiger partial charge in [0.25, 0.3) is 11.5 Å². The molecule has 166 valence electrons. The van der Waals surface area contributed by atoms with Crippen molar-refractivity contribution < 1.29 is 4.79 Å². The molecule has 0 fully saturated rings. The first-order valence-corrected chi connectivity index (χ1v) is 10.8. The molecule has 0 spiro atoms. The predicted octanol–water partition coefficient (Wildman–Crippen LogP) is 3.23. The summed E-state index contributed by atoms with van der Waals surface area (Å²) in [7, 11) is 0. The maximum Gasteiger partial charge on any atom is 0.352 e. The molecule has 0 radical (unpaired) electrons. The average Bonchev–Trinajstić information content (AvgIpc) is 3.04. The van der Waals surface area contributed by atoms with E-state index < -0.39 is 5.69 Å². The Labute approximate surface area is 189 Å². The van der Waals surface area contributed by atoms with Crippen LogP contribution in [0.25, 0.3) is 16.7 Å². The number of nitrogens with zero attached hydrogens (tertiary/aromatic N) is 4. The van der Waals surface area contributed by atoms with Crippen molar-refractivity contribution >= 4 is 34.2 Å². The number of hydrogen-bond donors (Lipinski definition) is 1. The zero-order valence-corrected chi connectivity index (χ0v) is 19.1. The summed E-state index contributed by atoms with van der Waals surface area (Å²) in [6, 6.07) is 11.7. The molecule has 32 heavy (non-hydrogen) atoms. The highest BCUT2D eigenvalue weighted by Gasteiger charge is 2.20. The zero-order chi connectivity index (χ0) is 23.2. The lowest BCUT2D eigenvalue weighted by molar-refractivity contribution is 0.0943.